The molecule has 1 unspecified atom stereocenters. The van der Waals surface area contributed by atoms with E-state index in [2.05, 4.69) is 10.3 Å². The van der Waals surface area contributed by atoms with E-state index in [4.69, 9.17) is 19.2 Å². The van der Waals surface area contributed by atoms with Crippen LogP contribution in [0, 0.1) is 0 Å². The molecule has 3 aromatic rings. The highest BCUT2D eigenvalue weighted by Crippen LogP contribution is 2.44. The molecule has 2 N–H and O–H groups in total. The third kappa shape index (κ3) is 3.55. The van der Waals surface area contributed by atoms with Crippen LogP contribution in [0.4, 0.5) is 5.82 Å². The van der Waals surface area contributed by atoms with Gasteiger partial charge in [0.1, 0.15) is 23.3 Å². The van der Waals surface area contributed by atoms with Gasteiger partial charge in [-0.15, -0.1) is 0 Å². The van der Waals surface area contributed by atoms with Crippen molar-refractivity contribution >= 4 is 22.6 Å². The zero-order valence-corrected chi connectivity index (χ0v) is 19.3. The maximum absolute atomic E-state index is 11.6. The second-order valence-corrected chi connectivity index (χ2v) is 9.51. The second kappa shape index (κ2) is 8.04. The molecule has 1 atom stereocenters. The molecule has 3 aliphatic rings. The predicted molar refractivity (Wildman–Crippen MR) is 125 cm³/mol. The van der Waals surface area contributed by atoms with Crippen LogP contribution < -0.4 is 10.1 Å². The van der Waals surface area contributed by atoms with Gasteiger partial charge in [-0.25, -0.2) is 9.97 Å². The van der Waals surface area contributed by atoms with Gasteiger partial charge in [-0.3, -0.25) is 4.79 Å². The molecule has 3 aromatic heterocycles. The van der Waals surface area contributed by atoms with E-state index in [0.29, 0.717) is 38.5 Å². The Morgan fingerprint density at radius 2 is 2.18 bits per heavy atom. The number of aryl methyl sites for hydroxylation is 1. The number of hydrogen-bond donors (Lipinski definition) is 2. The summed E-state index contributed by atoms with van der Waals surface area (Å²) in [5.41, 5.74) is 4.03. The number of rotatable bonds is 4. The van der Waals surface area contributed by atoms with Crippen LogP contribution >= 0.6 is 0 Å². The molecule has 2 aliphatic heterocycles. The number of hydrogen-bond acceptors (Lipinski definition) is 7. The topological polar surface area (TPSA) is 108 Å². The minimum absolute atomic E-state index is 0.00365. The van der Waals surface area contributed by atoms with Crippen molar-refractivity contribution in [3.63, 3.8) is 0 Å². The van der Waals surface area contributed by atoms with E-state index in [-0.39, 0.29) is 18.1 Å². The van der Waals surface area contributed by atoms with Crippen LogP contribution in [0.3, 0.4) is 0 Å². The summed E-state index contributed by atoms with van der Waals surface area (Å²) in [6.07, 6.45) is 6.23. The average Bonchev–Trinajstić information content (AvgIpc) is 3.38. The van der Waals surface area contributed by atoms with Crippen molar-refractivity contribution in [2.45, 2.75) is 50.4 Å². The number of nitrogens with zero attached hydrogens (tertiary/aromatic N) is 3. The Hall–Kier alpha value is -3.01. The van der Waals surface area contributed by atoms with Crippen molar-refractivity contribution in [2.24, 2.45) is 7.05 Å². The molecule has 9 nitrogen and oxygen atoms in total. The standard InChI is InChI=1S/C25H28N4O5/c1-14(30)27-23-9-18-19(12-29(2)21(18)11-26-23)20-10-22(34-16-7-15(31)8-16)17-3-5-33-25(24(17)28-20)4-6-32-13-25/h9-12,15-16,31H,3-8,13H2,1-2H3,(H,26,27,30). The number of ether oxygens (including phenoxy) is 3. The third-order valence-corrected chi connectivity index (χ3v) is 7.05. The molecule has 1 amide bonds. The summed E-state index contributed by atoms with van der Waals surface area (Å²) in [4.78, 5) is 21.1. The highest BCUT2D eigenvalue weighted by Gasteiger charge is 2.45. The fourth-order valence-corrected chi connectivity index (χ4v) is 5.22. The Bertz CT molecular complexity index is 1270. The Morgan fingerprint density at radius 1 is 1.32 bits per heavy atom. The SMILES string of the molecule is CC(=O)Nc1cc2c(-c3cc(OC4CC(O)C4)c4c(n3)C3(CCOC3)OCC4)cn(C)c2cn1. The molecular formula is C25H28N4O5. The Balaban J connectivity index is 1.51. The highest BCUT2D eigenvalue weighted by molar-refractivity contribution is 5.98. The molecule has 1 spiro atoms. The number of aromatic nitrogens is 3. The molecule has 0 aromatic carbocycles. The summed E-state index contributed by atoms with van der Waals surface area (Å²) < 4.78 is 20.4. The average molecular weight is 465 g/mol. The maximum Gasteiger partial charge on any atom is 0.222 e. The fraction of sp³-hybridized carbons (Fsp3) is 0.480. The second-order valence-electron chi connectivity index (χ2n) is 9.51. The first-order chi connectivity index (χ1) is 16.4. The van der Waals surface area contributed by atoms with Crippen LogP contribution in [0.15, 0.2) is 24.5 Å². The van der Waals surface area contributed by atoms with Crippen LogP contribution in [0.5, 0.6) is 5.75 Å². The molecule has 2 fully saturated rings. The zero-order valence-electron chi connectivity index (χ0n) is 19.3. The van der Waals surface area contributed by atoms with Gasteiger partial charge in [-0.1, -0.05) is 0 Å². The first-order valence-electron chi connectivity index (χ1n) is 11.8. The molecule has 34 heavy (non-hydrogen) atoms. The third-order valence-electron chi connectivity index (χ3n) is 7.05. The normalized spacial score (nSPS) is 25.9. The van der Waals surface area contributed by atoms with Crippen LogP contribution in [0.25, 0.3) is 22.2 Å². The van der Waals surface area contributed by atoms with E-state index >= 15 is 0 Å². The molecular weight excluding hydrogens is 436 g/mol. The van der Waals surface area contributed by atoms with E-state index in [1.54, 1.807) is 6.20 Å². The number of amides is 1. The monoisotopic (exact) mass is 464 g/mol. The van der Waals surface area contributed by atoms with Crippen LogP contribution in [0.1, 0.15) is 37.4 Å². The summed E-state index contributed by atoms with van der Waals surface area (Å²) >= 11 is 0. The van der Waals surface area contributed by atoms with Gasteiger partial charge in [-0.2, -0.15) is 0 Å². The van der Waals surface area contributed by atoms with E-state index in [1.165, 1.54) is 6.92 Å². The van der Waals surface area contributed by atoms with Crippen molar-refractivity contribution in [3.05, 3.63) is 35.8 Å². The number of carbonyl (C=O) groups excluding carboxylic acids is 1. The summed E-state index contributed by atoms with van der Waals surface area (Å²) in [5.74, 6) is 1.13. The number of pyridine rings is 2. The lowest BCUT2D eigenvalue weighted by molar-refractivity contribution is -0.114. The van der Waals surface area contributed by atoms with Gasteiger partial charge in [0.2, 0.25) is 5.91 Å². The fourth-order valence-electron chi connectivity index (χ4n) is 5.22. The van der Waals surface area contributed by atoms with Crippen molar-refractivity contribution in [2.75, 3.05) is 25.1 Å². The quantitative estimate of drug-likeness (QED) is 0.611. The smallest absolute Gasteiger partial charge is 0.222 e. The Kier molecular flexibility index (Phi) is 5.09. The van der Waals surface area contributed by atoms with Gasteiger partial charge in [0.25, 0.3) is 0 Å². The number of carbonyl (C=O) groups is 1. The largest absolute Gasteiger partial charge is 0.490 e. The first kappa shape index (κ1) is 21.5. The van der Waals surface area contributed by atoms with Crippen LogP contribution in [-0.4, -0.2) is 57.6 Å². The van der Waals surface area contributed by atoms with E-state index < -0.39 is 5.60 Å². The van der Waals surface area contributed by atoms with E-state index in [1.807, 2.05) is 29.9 Å². The number of anilines is 1. The van der Waals surface area contributed by atoms with Crippen molar-refractivity contribution in [1.82, 2.24) is 14.5 Å². The van der Waals surface area contributed by atoms with Crippen molar-refractivity contribution in [3.8, 4) is 17.0 Å². The van der Waals surface area contributed by atoms with Gasteiger partial charge >= 0.3 is 0 Å². The molecule has 9 heteroatoms. The van der Waals surface area contributed by atoms with E-state index in [9.17, 15) is 9.90 Å². The molecule has 5 heterocycles. The predicted octanol–water partition coefficient (Wildman–Crippen LogP) is 2.68. The summed E-state index contributed by atoms with van der Waals surface area (Å²) in [6, 6.07) is 3.88. The lowest BCUT2D eigenvalue weighted by Gasteiger charge is -2.37. The summed E-state index contributed by atoms with van der Waals surface area (Å²) in [5, 5.41) is 13.5. The minimum Gasteiger partial charge on any atom is -0.490 e. The van der Waals surface area contributed by atoms with Gasteiger partial charge < -0.3 is 29.2 Å². The van der Waals surface area contributed by atoms with Gasteiger partial charge in [0.05, 0.1) is 42.4 Å². The van der Waals surface area contributed by atoms with Crippen LogP contribution in [-0.2, 0) is 33.3 Å². The molecule has 0 bridgehead atoms. The lowest BCUT2D eigenvalue weighted by Crippen LogP contribution is -2.40. The minimum atomic E-state index is -0.561. The highest BCUT2D eigenvalue weighted by atomic mass is 16.6. The Labute approximate surface area is 197 Å². The Morgan fingerprint density at radius 3 is 2.91 bits per heavy atom. The number of aliphatic hydroxyl groups excluding tert-OH is 1. The maximum atomic E-state index is 11.6. The van der Waals surface area contributed by atoms with Gasteiger partial charge in [0.15, 0.2) is 0 Å². The van der Waals surface area contributed by atoms with Crippen molar-refractivity contribution in [1.29, 1.82) is 0 Å². The molecule has 1 aliphatic carbocycles. The molecule has 1 saturated heterocycles. The summed E-state index contributed by atoms with van der Waals surface area (Å²) in [6.45, 7) is 3.18. The van der Waals surface area contributed by atoms with Gasteiger partial charge in [0, 0.05) is 75.0 Å². The zero-order chi connectivity index (χ0) is 23.4. The first-order valence-corrected chi connectivity index (χ1v) is 11.8. The number of aliphatic hydroxyl groups is 1. The summed E-state index contributed by atoms with van der Waals surface area (Å²) in [7, 11) is 1.96. The van der Waals surface area contributed by atoms with E-state index in [0.717, 1.165) is 52.0 Å². The van der Waals surface area contributed by atoms with Gasteiger partial charge in [-0.05, 0) is 6.07 Å². The number of fused-ring (bicyclic) bond motifs is 3. The van der Waals surface area contributed by atoms with Crippen LogP contribution in [0.2, 0.25) is 0 Å². The lowest BCUT2D eigenvalue weighted by atomic mass is 9.88. The number of nitrogens with one attached hydrogen (secondary N) is 1. The van der Waals surface area contributed by atoms with Crippen molar-refractivity contribution < 1.29 is 24.1 Å². The molecule has 0 radical (unpaired) electrons. The molecule has 178 valence electrons. The molecule has 6 rings (SSSR count). The molecule has 1 saturated carbocycles.